The fraction of sp³-hybridized carbons (Fsp3) is 0.211. The topological polar surface area (TPSA) is 80.5 Å². The van der Waals surface area contributed by atoms with Gasteiger partial charge in [0.25, 0.3) is 5.91 Å². The highest BCUT2D eigenvalue weighted by Crippen LogP contribution is 2.21. The molecule has 0 aliphatic carbocycles. The highest BCUT2D eigenvalue weighted by atomic mass is 32.2. The summed E-state index contributed by atoms with van der Waals surface area (Å²) in [6, 6.07) is 12.8. The molecule has 0 spiro atoms. The first-order chi connectivity index (χ1) is 11.7. The van der Waals surface area contributed by atoms with Crippen LogP contribution in [0.2, 0.25) is 0 Å². The Kier molecular flexibility index (Phi) is 5.77. The van der Waals surface area contributed by atoms with Gasteiger partial charge in [0.2, 0.25) is 10.0 Å². The Labute approximate surface area is 148 Å². The Morgan fingerprint density at radius 3 is 2.40 bits per heavy atom. The summed E-state index contributed by atoms with van der Waals surface area (Å²) in [6.45, 7) is 3.84. The first-order valence-corrected chi connectivity index (χ1v) is 9.36. The van der Waals surface area contributed by atoms with Crippen molar-refractivity contribution in [1.82, 2.24) is 4.90 Å². The van der Waals surface area contributed by atoms with E-state index in [-0.39, 0.29) is 10.8 Å². The predicted molar refractivity (Wildman–Crippen MR) is 99.7 cm³/mol. The number of rotatable bonds is 5. The number of sulfonamides is 1. The Morgan fingerprint density at radius 2 is 1.80 bits per heavy atom. The number of carbonyl (C=O) groups excluding carboxylic acids is 1. The minimum absolute atomic E-state index is 0.0101. The lowest BCUT2D eigenvalue weighted by Gasteiger charge is -2.17. The number of amides is 1. The van der Waals surface area contributed by atoms with Crippen LogP contribution < -0.4 is 5.14 Å². The molecule has 0 saturated carbocycles. The second-order valence-corrected chi connectivity index (χ2v) is 7.49. The molecule has 0 unspecified atom stereocenters. The van der Waals surface area contributed by atoms with Gasteiger partial charge in [-0.25, -0.2) is 13.6 Å². The van der Waals surface area contributed by atoms with Gasteiger partial charge in [0.15, 0.2) is 0 Å². The molecule has 0 radical (unpaired) electrons. The van der Waals surface area contributed by atoms with Gasteiger partial charge in [-0.1, -0.05) is 42.5 Å². The van der Waals surface area contributed by atoms with Crippen LogP contribution in [-0.4, -0.2) is 32.8 Å². The van der Waals surface area contributed by atoms with Gasteiger partial charge in [0, 0.05) is 19.2 Å². The molecular formula is C19H22N2O3S. The molecule has 2 N–H and O–H groups in total. The van der Waals surface area contributed by atoms with Crippen LogP contribution in [0.15, 0.2) is 53.4 Å². The lowest BCUT2D eigenvalue weighted by atomic mass is 10.1. The Balaban J connectivity index is 2.20. The van der Waals surface area contributed by atoms with E-state index in [0.717, 1.165) is 5.56 Å². The minimum Gasteiger partial charge on any atom is -0.338 e. The zero-order chi connectivity index (χ0) is 18.6. The van der Waals surface area contributed by atoms with Crippen LogP contribution >= 0.6 is 0 Å². The molecular weight excluding hydrogens is 336 g/mol. The summed E-state index contributed by atoms with van der Waals surface area (Å²) in [7, 11) is -2.21. The maximum atomic E-state index is 12.6. The molecule has 1 amide bonds. The van der Waals surface area contributed by atoms with E-state index >= 15 is 0 Å². The van der Waals surface area contributed by atoms with E-state index in [2.05, 4.69) is 0 Å². The van der Waals surface area contributed by atoms with Crippen LogP contribution in [-0.2, 0) is 10.0 Å². The van der Waals surface area contributed by atoms with E-state index < -0.39 is 10.0 Å². The summed E-state index contributed by atoms with van der Waals surface area (Å²) in [5.41, 5.74) is 2.63. The van der Waals surface area contributed by atoms with Crippen molar-refractivity contribution in [2.45, 2.75) is 18.7 Å². The number of nitrogens with two attached hydrogens (primary N) is 1. The van der Waals surface area contributed by atoms with Crippen molar-refractivity contribution in [3.05, 3.63) is 70.8 Å². The lowest BCUT2D eigenvalue weighted by molar-refractivity contribution is 0.0810. The first-order valence-electron chi connectivity index (χ1n) is 7.81. The van der Waals surface area contributed by atoms with Crippen molar-refractivity contribution >= 4 is 22.0 Å². The Morgan fingerprint density at radius 1 is 1.16 bits per heavy atom. The van der Waals surface area contributed by atoms with Gasteiger partial charge < -0.3 is 4.90 Å². The molecule has 2 rings (SSSR count). The van der Waals surface area contributed by atoms with Gasteiger partial charge in [-0.05, 0) is 42.7 Å². The van der Waals surface area contributed by atoms with Crippen molar-refractivity contribution in [2.75, 3.05) is 13.6 Å². The molecule has 0 heterocycles. The largest absolute Gasteiger partial charge is 0.338 e. The predicted octanol–water partition coefficient (Wildman–Crippen LogP) is 2.74. The molecule has 132 valence electrons. The third-order valence-corrected chi connectivity index (χ3v) is 5.05. The monoisotopic (exact) mass is 358 g/mol. The minimum atomic E-state index is -3.88. The van der Waals surface area contributed by atoms with Gasteiger partial charge in [0.05, 0.1) is 4.90 Å². The molecule has 0 aliphatic rings. The highest BCUT2D eigenvalue weighted by molar-refractivity contribution is 7.89. The summed E-state index contributed by atoms with van der Waals surface area (Å²) in [5, 5.41) is 5.25. The molecule has 6 heteroatoms. The smallest absolute Gasteiger partial charge is 0.253 e. The fourth-order valence-electron chi connectivity index (χ4n) is 2.46. The number of nitrogens with zero attached hydrogens (tertiary/aromatic N) is 1. The average molecular weight is 358 g/mol. The van der Waals surface area contributed by atoms with E-state index in [9.17, 15) is 13.2 Å². The highest BCUT2D eigenvalue weighted by Gasteiger charge is 2.19. The van der Waals surface area contributed by atoms with Gasteiger partial charge in [-0.3, -0.25) is 4.79 Å². The molecule has 5 nitrogen and oxygen atoms in total. The average Bonchev–Trinajstić information content (AvgIpc) is 2.56. The Hall–Kier alpha value is -2.44. The van der Waals surface area contributed by atoms with Gasteiger partial charge in [0.1, 0.15) is 0 Å². The fourth-order valence-corrected chi connectivity index (χ4v) is 3.34. The summed E-state index contributed by atoms with van der Waals surface area (Å²) in [5.74, 6) is -0.259. The SMILES string of the molecule is Cc1cc(C(=O)N(C)C/C=C/c2ccccc2)cc(S(N)(=O)=O)c1C. The molecule has 2 aromatic rings. The van der Waals surface area contributed by atoms with Crippen LogP contribution in [0, 0.1) is 13.8 Å². The maximum absolute atomic E-state index is 12.6. The third-order valence-electron chi connectivity index (χ3n) is 4.01. The first kappa shape index (κ1) is 18.9. The van der Waals surface area contributed by atoms with Crippen molar-refractivity contribution in [3.8, 4) is 0 Å². The van der Waals surface area contributed by atoms with E-state index in [0.29, 0.717) is 23.2 Å². The van der Waals surface area contributed by atoms with Crippen molar-refractivity contribution in [1.29, 1.82) is 0 Å². The summed E-state index contributed by atoms with van der Waals surface area (Å²) < 4.78 is 23.4. The van der Waals surface area contributed by atoms with Crippen molar-refractivity contribution < 1.29 is 13.2 Å². The van der Waals surface area contributed by atoms with Crippen molar-refractivity contribution in [2.24, 2.45) is 5.14 Å². The van der Waals surface area contributed by atoms with Crippen LogP contribution in [0.3, 0.4) is 0 Å². The van der Waals surface area contributed by atoms with Crippen molar-refractivity contribution in [3.63, 3.8) is 0 Å². The molecule has 2 aromatic carbocycles. The second kappa shape index (κ2) is 7.63. The second-order valence-electron chi connectivity index (χ2n) is 5.96. The van der Waals surface area contributed by atoms with E-state index in [1.54, 1.807) is 27.0 Å². The molecule has 0 bridgehead atoms. The number of primary sulfonamides is 1. The molecule has 0 saturated heterocycles. The molecule has 0 fully saturated rings. The molecule has 0 atom stereocenters. The van der Waals surface area contributed by atoms with E-state index in [1.807, 2.05) is 42.5 Å². The van der Waals surface area contributed by atoms with E-state index in [4.69, 9.17) is 5.14 Å². The zero-order valence-electron chi connectivity index (χ0n) is 14.6. The normalized spacial score (nSPS) is 11.7. The van der Waals surface area contributed by atoms with Crippen LogP contribution in [0.1, 0.15) is 27.0 Å². The Bertz CT molecular complexity index is 904. The quantitative estimate of drug-likeness (QED) is 0.892. The van der Waals surface area contributed by atoms with Gasteiger partial charge >= 0.3 is 0 Å². The number of aryl methyl sites for hydroxylation is 1. The molecule has 25 heavy (non-hydrogen) atoms. The number of hydrogen-bond donors (Lipinski definition) is 1. The number of hydrogen-bond acceptors (Lipinski definition) is 3. The maximum Gasteiger partial charge on any atom is 0.253 e. The lowest BCUT2D eigenvalue weighted by Crippen LogP contribution is -2.27. The van der Waals surface area contributed by atoms with Crippen LogP contribution in [0.5, 0.6) is 0 Å². The van der Waals surface area contributed by atoms with Gasteiger partial charge in [-0.2, -0.15) is 0 Å². The zero-order valence-corrected chi connectivity index (χ0v) is 15.4. The number of benzene rings is 2. The van der Waals surface area contributed by atoms with E-state index in [1.165, 1.54) is 11.0 Å². The summed E-state index contributed by atoms with van der Waals surface area (Å²) in [4.78, 5) is 14.1. The van der Waals surface area contributed by atoms with Gasteiger partial charge in [-0.15, -0.1) is 0 Å². The molecule has 0 aliphatic heterocycles. The summed E-state index contributed by atoms with van der Waals surface area (Å²) in [6.07, 6.45) is 3.81. The molecule has 0 aromatic heterocycles. The summed E-state index contributed by atoms with van der Waals surface area (Å²) >= 11 is 0. The van der Waals surface area contributed by atoms with Crippen LogP contribution in [0.4, 0.5) is 0 Å². The standard InChI is InChI=1S/C19H22N2O3S/c1-14-12-17(13-18(15(14)2)25(20,23)24)19(22)21(3)11-7-10-16-8-5-4-6-9-16/h4-10,12-13H,11H2,1-3H3,(H2,20,23,24)/b10-7+. The van der Waals surface area contributed by atoms with Crippen LogP contribution in [0.25, 0.3) is 6.08 Å². The number of likely N-dealkylation sites (N-methyl/N-ethyl adjacent to an activating group) is 1. The number of carbonyl (C=O) groups is 1. The third kappa shape index (κ3) is 4.78.